The van der Waals surface area contributed by atoms with E-state index in [1.807, 2.05) is 24.3 Å². The molecular weight excluding hydrogens is 300 g/mol. The third-order valence-electron chi connectivity index (χ3n) is 3.96. The van der Waals surface area contributed by atoms with Gasteiger partial charge in [0, 0.05) is 19.3 Å². The first-order valence-corrected chi connectivity index (χ1v) is 7.52. The number of amides is 1. The van der Waals surface area contributed by atoms with E-state index in [1.165, 1.54) is 9.58 Å². The largest absolute Gasteiger partial charge is 0.480 e. The van der Waals surface area contributed by atoms with Crippen LogP contribution in [-0.4, -0.2) is 62.7 Å². The third kappa shape index (κ3) is 3.48. The minimum Gasteiger partial charge on any atom is -0.480 e. The fourth-order valence-electron chi connectivity index (χ4n) is 2.82. The van der Waals surface area contributed by atoms with Crippen LogP contribution in [0.25, 0.3) is 11.0 Å². The van der Waals surface area contributed by atoms with Gasteiger partial charge in [-0.15, -0.1) is 5.10 Å². The van der Waals surface area contributed by atoms with E-state index in [4.69, 9.17) is 9.84 Å². The third-order valence-corrected chi connectivity index (χ3v) is 3.96. The first kappa shape index (κ1) is 15.4. The Morgan fingerprint density at radius 1 is 1.30 bits per heavy atom. The molecule has 1 saturated heterocycles. The van der Waals surface area contributed by atoms with Crippen LogP contribution in [0.3, 0.4) is 0 Å². The van der Waals surface area contributed by atoms with E-state index < -0.39 is 5.97 Å². The van der Waals surface area contributed by atoms with Crippen LogP contribution in [0, 0.1) is 0 Å². The Labute approximate surface area is 132 Å². The zero-order valence-electron chi connectivity index (χ0n) is 12.6. The first-order chi connectivity index (χ1) is 11.1. The lowest BCUT2D eigenvalue weighted by Gasteiger charge is -2.33. The highest BCUT2D eigenvalue weighted by molar-refractivity contribution is 5.83. The van der Waals surface area contributed by atoms with E-state index >= 15 is 0 Å². The molecule has 8 heteroatoms. The maximum Gasteiger partial charge on any atom is 0.323 e. The number of carboxylic acid groups (broad SMARTS) is 1. The summed E-state index contributed by atoms with van der Waals surface area (Å²) in [6, 6.07) is 7.24. The number of carbonyl (C=O) groups excluding carboxylic acids is 1. The van der Waals surface area contributed by atoms with E-state index in [-0.39, 0.29) is 25.0 Å². The maximum absolute atomic E-state index is 12.6. The van der Waals surface area contributed by atoms with Crippen molar-refractivity contribution >= 4 is 22.9 Å². The van der Waals surface area contributed by atoms with Crippen molar-refractivity contribution in [2.24, 2.45) is 0 Å². The maximum atomic E-state index is 12.6. The van der Waals surface area contributed by atoms with E-state index in [0.29, 0.717) is 31.6 Å². The van der Waals surface area contributed by atoms with Gasteiger partial charge in [0.1, 0.15) is 18.6 Å². The zero-order chi connectivity index (χ0) is 16.2. The number of ether oxygens (including phenoxy) is 1. The normalized spacial score (nSPS) is 15.7. The molecule has 8 nitrogen and oxygen atoms in total. The van der Waals surface area contributed by atoms with Crippen LogP contribution in [0.5, 0.6) is 0 Å². The number of para-hydroxylation sites is 1. The van der Waals surface area contributed by atoms with Gasteiger partial charge in [-0.2, -0.15) is 0 Å². The van der Waals surface area contributed by atoms with Crippen molar-refractivity contribution in [2.45, 2.75) is 25.4 Å². The molecule has 0 aliphatic carbocycles. The van der Waals surface area contributed by atoms with Crippen molar-refractivity contribution in [3.8, 4) is 0 Å². The highest BCUT2D eigenvalue weighted by Gasteiger charge is 2.28. The quantitative estimate of drug-likeness (QED) is 0.863. The lowest BCUT2D eigenvalue weighted by molar-refractivity contribution is -0.148. The van der Waals surface area contributed by atoms with Gasteiger partial charge < -0.3 is 14.7 Å². The summed E-state index contributed by atoms with van der Waals surface area (Å²) in [5.41, 5.74) is 1.46. The molecule has 2 aromatic rings. The molecule has 1 fully saturated rings. The van der Waals surface area contributed by atoms with Gasteiger partial charge in [0.05, 0.1) is 5.52 Å². The van der Waals surface area contributed by atoms with Gasteiger partial charge in [-0.05, 0) is 25.0 Å². The van der Waals surface area contributed by atoms with Crippen LogP contribution in [0.15, 0.2) is 24.3 Å². The van der Waals surface area contributed by atoms with Gasteiger partial charge in [0.15, 0.2) is 0 Å². The summed E-state index contributed by atoms with van der Waals surface area (Å²) in [6.07, 6.45) is 1.30. The lowest BCUT2D eigenvalue weighted by atomic mass is 10.1. The highest BCUT2D eigenvalue weighted by atomic mass is 16.5. The molecule has 1 aromatic carbocycles. The van der Waals surface area contributed by atoms with Gasteiger partial charge in [-0.1, -0.05) is 17.3 Å². The minimum atomic E-state index is -1.02. The summed E-state index contributed by atoms with van der Waals surface area (Å²) in [5, 5.41) is 17.1. The number of carbonyl (C=O) groups is 2. The van der Waals surface area contributed by atoms with Crippen LogP contribution in [0.4, 0.5) is 0 Å². The number of hydrogen-bond acceptors (Lipinski definition) is 5. The second-order valence-electron chi connectivity index (χ2n) is 5.49. The number of aliphatic carboxylic acids is 1. The minimum absolute atomic E-state index is 0.0227. The SMILES string of the molecule is O=C(O)CN(C(=O)Cn1nnc2ccccc21)C1CCOCC1. The molecular formula is C15H18N4O4. The topological polar surface area (TPSA) is 97.6 Å². The van der Waals surface area contributed by atoms with Crippen LogP contribution in [0.2, 0.25) is 0 Å². The number of rotatable bonds is 5. The second-order valence-corrected chi connectivity index (χ2v) is 5.49. The monoisotopic (exact) mass is 318 g/mol. The van der Waals surface area contributed by atoms with Crippen molar-refractivity contribution in [2.75, 3.05) is 19.8 Å². The lowest BCUT2D eigenvalue weighted by Crippen LogP contribution is -2.47. The predicted octanol–water partition coefficient (Wildman–Crippen LogP) is 0.524. The Bertz CT molecular complexity index is 708. The van der Waals surface area contributed by atoms with Crippen LogP contribution in [-0.2, 0) is 20.9 Å². The van der Waals surface area contributed by atoms with E-state index in [1.54, 1.807) is 0 Å². The van der Waals surface area contributed by atoms with Gasteiger partial charge in [-0.25, -0.2) is 4.68 Å². The molecule has 1 N–H and O–H groups in total. The molecule has 0 unspecified atom stereocenters. The van der Waals surface area contributed by atoms with E-state index in [9.17, 15) is 9.59 Å². The Kier molecular flexibility index (Phi) is 4.52. The molecule has 1 aliphatic rings. The van der Waals surface area contributed by atoms with Gasteiger partial charge in [0.2, 0.25) is 5.91 Å². The molecule has 1 aliphatic heterocycles. The summed E-state index contributed by atoms with van der Waals surface area (Å²) >= 11 is 0. The first-order valence-electron chi connectivity index (χ1n) is 7.52. The molecule has 0 radical (unpaired) electrons. The molecule has 23 heavy (non-hydrogen) atoms. The van der Waals surface area contributed by atoms with E-state index in [0.717, 1.165) is 5.52 Å². The van der Waals surface area contributed by atoms with Crippen LogP contribution in [0.1, 0.15) is 12.8 Å². The van der Waals surface area contributed by atoms with Gasteiger partial charge in [0.25, 0.3) is 0 Å². The Morgan fingerprint density at radius 3 is 2.78 bits per heavy atom. The molecule has 0 saturated carbocycles. The molecule has 3 rings (SSSR count). The second kappa shape index (κ2) is 6.74. The van der Waals surface area contributed by atoms with Crippen molar-refractivity contribution in [3.63, 3.8) is 0 Å². The summed E-state index contributed by atoms with van der Waals surface area (Å²) in [4.78, 5) is 25.2. The zero-order valence-corrected chi connectivity index (χ0v) is 12.6. The Morgan fingerprint density at radius 2 is 2.04 bits per heavy atom. The van der Waals surface area contributed by atoms with Gasteiger partial charge >= 0.3 is 5.97 Å². The molecule has 0 bridgehead atoms. The summed E-state index contributed by atoms with van der Waals surface area (Å²) < 4.78 is 6.79. The highest BCUT2D eigenvalue weighted by Crippen LogP contribution is 2.16. The van der Waals surface area contributed by atoms with Crippen molar-refractivity contribution < 1.29 is 19.4 Å². The van der Waals surface area contributed by atoms with Crippen molar-refractivity contribution in [1.82, 2.24) is 19.9 Å². The van der Waals surface area contributed by atoms with Crippen LogP contribution >= 0.6 is 0 Å². The fraction of sp³-hybridized carbons (Fsp3) is 0.467. The standard InChI is InChI=1S/C15H18N4O4/c20-14(9-19-13-4-2-1-3-12(13)16-17-19)18(10-15(21)22)11-5-7-23-8-6-11/h1-4,11H,5-10H2,(H,21,22). The molecule has 1 amide bonds. The number of fused-ring (bicyclic) bond motifs is 1. The number of aromatic nitrogens is 3. The molecule has 2 heterocycles. The van der Waals surface area contributed by atoms with Crippen molar-refractivity contribution in [1.29, 1.82) is 0 Å². The number of carboxylic acids is 1. The average Bonchev–Trinajstić information content (AvgIpc) is 2.96. The van der Waals surface area contributed by atoms with Crippen LogP contribution < -0.4 is 0 Å². The Balaban J connectivity index is 1.78. The van der Waals surface area contributed by atoms with Gasteiger partial charge in [-0.3, -0.25) is 9.59 Å². The molecule has 1 aromatic heterocycles. The smallest absolute Gasteiger partial charge is 0.323 e. The number of hydrogen-bond donors (Lipinski definition) is 1. The average molecular weight is 318 g/mol. The van der Waals surface area contributed by atoms with Crippen molar-refractivity contribution in [3.05, 3.63) is 24.3 Å². The predicted molar refractivity (Wildman–Crippen MR) is 80.7 cm³/mol. The summed E-state index contributed by atoms with van der Waals surface area (Å²) in [7, 11) is 0. The molecule has 122 valence electrons. The fourth-order valence-corrected chi connectivity index (χ4v) is 2.82. The molecule has 0 spiro atoms. The number of benzene rings is 1. The summed E-state index contributed by atoms with van der Waals surface area (Å²) in [6.45, 7) is 0.752. The Hall–Kier alpha value is -2.48. The van der Waals surface area contributed by atoms with E-state index in [2.05, 4.69) is 10.3 Å². The summed E-state index contributed by atoms with van der Waals surface area (Å²) in [5.74, 6) is -1.29. The molecule has 0 atom stereocenters. The number of nitrogens with zero attached hydrogens (tertiary/aromatic N) is 4.